The number of likely N-dealkylation sites (N-methyl/N-ethyl adjacent to an activating group) is 1. The van der Waals surface area contributed by atoms with E-state index < -0.39 is 0 Å². The Morgan fingerprint density at radius 1 is 1.25 bits per heavy atom. The Labute approximate surface area is 185 Å². The fourth-order valence-corrected chi connectivity index (χ4v) is 3.95. The van der Waals surface area contributed by atoms with Crippen molar-refractivity contribution < 1.29 is 14.0 Å². The summed E-state index contributed by atoms with van der Waals surface area (Å²) in [6.07, 6.45) is 3.02. The number of likely N-dealkylation sites (tertiary alicyclic amines) is 1. The number of rotatable bonds is 6. The van der Waals surface area contributed by atoms with Gasteiger partial charge in [-0.1, -0.05) is 12.1 Å². The maximum Gasteiger partial charge on any atom is 0.270 e. The third-order valence-electron chi connectivity index (χ3n) is 5.79. The number of carbonyl (C=O) groups is 2. The van der Waals surface area contributed by atoms with Crippen molar-refractivity contribution in [3.63, 3.8) is 0 Å². The van der Waals surface area contributed by atoms with Crippen LogP contribution in [0.1, 0.15) is 30.7 Å². The van der Waals surface area contributed by atoms with Gasteiger partial charge in [-0.25, -0.2) is 19.4 Å². The molecule has 1 atom stereocenters. The summed E-state index contributed by atoms with van der Waals surface area (Å²) < 4.78 is 13.1. The molecule has 1 aromatic heterocycles. The monoisotopic (exact) mass is 439 g/mol. The van der Waals surface area contributed by atoms with E-state index in [9.17, 15) is 14.0 Å². The molecule has 1 unspecified atom stereocenters. The molecule has 10 heteroatoms. The SMILES string of the molecule is CN(Cc1nccc(N)n1)C1CCN(C(=O)C2=NN(Cc3ccc(F)cc3)C(=O)CC2)C1. The minimum absolute atomic E-state index is 0.141. The van der Waals surface area contributed by atoms with E-state index in [0.717, 1.165) is 12.0 Å². The van der Waals surface area contributed by atoms with Crippen LogP contribution in [0.15, 0.2) is 41.6 Å². The summed E-state index contributed by atoms with van der Waals surface area (Å²) in [6.45, 7) is 1.94. The normalized spacial score (nSPS) is 18.9. The van der Waals surface area contributed by atoms with Crippen molar-refractivity contribution in [1.29, 1.82) is 0 Å². The summed E-state index contributed by atoms with van der Waals surface area (Å²) in [5.74, 6) is 0.448. The number of aromatic nitrogens is 2. The molecule has 0 aliphatic carbocycles. The average molecular weight is 439 g/mol. The summed E-state index contributed by atoms with van der Waals surface area (Å²) in [7, 11) is 1.98. The van der Waals surface area contributed by atoms with Crippen LogP contribution in [0.3, 0.4) is 0 Å². The van der Waals surface area contributed by atoms with Gasteiger partial charge >= 0.3 is 0 Å². The quantitative estimate of drug-likeness (QED) is 0.729. The van der Waals surface area contributed by atoms with Crippen LogP contribution in [0.5, 0.6) is 0 Å². The van der Waals surface area contributed by atoms with Crippen LogP contribution < -0.4 is 5.73 Å². The minimum Gasteiger partial charge on any atom is -0.384 e. The topological polar surface area (TPSA) is 108 Å². The number of anilines is 1. The molecule has 2 aliphatic heterocycles. The second-order valence-corrected chi connectivity index (χ2v) is 8.13. The lowest BCUT2D eigenvalue weighted by Crippen LogP contribution is -2.42. The Morgan fingerprint density at radius 3 is 2.78 bits per heavy atom. The Bertz CT molecular complexity index is 1030. The van der Waals surface area contributed by atoms with E-state index in [4.69, 9.17) is 5.73 Å². The second kappa shape index (κ2) is 9.39. The first kappa shape index (κ1) is 21.8. The highest BCUT2D eigenvalue weighted by Gasteiger charge is 2.33. The molecule has 2 aromatic rings. The van der Waals surface area contributed by atoms with Crippen molar-refractivity contribution in [2.45, 2.75) is 38.4 Å². The van der Waals surface area contributed by atoms with Crippen molar-refractivity contribution in [1.82, 2.24) is 24.8 Å². The van der Waals surface area contributed by atoms with Gasteiger partial charge in [0.25, 0.3) is 5.91 Å². The van der Waals surface area contributed by atoms with Gasteiger partial charge in [0.1, 0.15) is 23.2 Å². The number of nitrogens with zero attached hydrogens (tertiary/aromatic N) is 6. The smallest absolute Gasteiger partial charge is 0.270 e. The molecule has 2 N–H and O–H groups in total. The van der Waals surface area contributed by atoms with E-state index in [1.54, 1.807) is 29.3 Å². The molecule has 2 amide bonds. The van der Waals surface area contributed by atoms with E-state index in [1.165, 1.54) is 17.1 Å². The Hall–Kier alpha value is -3.40. The lowest BCUT2D eigenvalue weighted by atomic mass is 10.1. The van der Waals surface area contributed by atoms with Gasteiger partial charge in [0, 0.05) is 38.2 Å². The van der Waals surface area contributed by atoms with Gasteiger partial charge in [-0.05, 0) is 37.2 Å². The molecule has 2 aliphatic rings. The third kappa shape index (κ3) is 5.08. The van der Waals surface area contributed by atoms with Crippen LogP contribution in [0.4, 0.5) is 10.2 Å². The standard InChI is InChI=1S/C22H26FN7O2/c1-28(14-20-25-10-8-19(24)26-20)17-9-11-29(13-17)22(32)18-6-7-21(31)30(27-18)12-15-2-4-16(23)5-3-15/h2-5,8,10,17H,6-7,9,11-14H2,1H3,(H2,24,25,26). The molecule has 168 valence electrons. The number of nitrogens with two attached hydrogens (primary N) is 1. The molecule has 0 spiro atoms. The van der Waals surface area contributed by atoms with E-state index >= 15 is 0 Å². The van der Waals surface area contributed by atoms with Gasteiger partial charge in [-0.3, -0.25) is 14.5 Å². The molecule has 4 rings (SSSR count). The number of hydrogen-bond donors (Lipinski definition) is 1. The molecule has 32 heavy (non-hydrogen) atoms. The first-order valence-electron chi connectivity index (χ1n) is 10.6. The van der Waals surface area contributed by atoms with Crippen LogP contribution in [0.2, 0.25) is 0 Å². The van der Waals surface area contributed by atoms with Gasteiger partial charge in [0.2, 0.25) is 5.91 Å². The lowest BCUT2D eigenvalue weighted by molar-refractivity contribution is -0.132. The molecule has 0 saturated carbocycles. The Balaban J connectivity index is 1.38. The second-order valence-electron chi connectivity index (χ2n) is 8.13. The summed E-state index contributed by atoms with van der Waals surface area (Å²) in [4.78, 5) is 37.7. The van der Waals surface area contributed by atoms with Gasteiger partial charge in [0.05, 0.1) is 13.1 Å². The van der Waals surface area contributed by atoms with E-state index in [1.807, 2.05) is 7.05 Å². The molecule has 0 bridgehead atoms. The maximum absolute atomic E-state index is 13.1. The van der Waals surface area contributed by atoms with Gasteiger partial charge in [0.15, 0.2) is 0 Å². The van der Waals surface area contributed by atoms with Crippen molar-refractivity contribution >= 4 is 23.3 Å². The van der Waals surface area contributed by atoms with E-state index in [0.29, 0.717) is 43.4 Å². The molecular weight excluding hydrogens is 413 g/mol. The third-order valence-corrected chi connectivity index (χ3v) is 5.79. The first-order chi connectivity index (χ1) is 15.4. The molecule has 0 radical (unpaired) electrons. The van der Waals surface area contributed by atoms with Crippen LogP contribution in [0, 0.1) is 5.82 Å². The van der Waals surface area contributed by atoms with Gasteiger partial charge in [-0.15, -0.1) is 0 Å². The lowest BCUT2D eigenvalue weighted by Gasteiger charge is -2.26. The molecule has 9 nitrogen and oxygen atoms in total. The highest BCUT2D eigenvalue weighted by molar-refractivity contribution is 6.39. The van der Waals surface area contributed by atoms with Gasteiger partial charge < -0.3 is 10.6 Å². The molecule has 1 fully saturated rings. The summed E-state index contributed by atoms with van der Waals surface area (Å²) >= 11 is 0. The largest absolute Gasteiger partial charge is 0.384 e. The first-order valence-corrected chi connectivity index (χ1v) is 10.6. The zero-order valence-corrected chi connectivity index (χ0v) is 17.9. The summed E-state index contributed by atoms with van der Waals surface area (Å²) in [5, 5.41) is 5.65. The molecule has 1 saturated heterocycles. The van der Waals surface area contributed by atoms with Crippen LogP contribution >= 0.6 is 0 Å². The van der Waals surface area contributed by atoms with Crippen molar-refractivity contribution in [3.8, 4) is 0 Å². The van der Waals surface area contributed by atoms with Crippen molar-refractivity contribution in [3.05, 3.63) is 53.7 Å². The average Bonchev–Trinajstić information content (AvgIpc) is 3.27. The number of hydrogen-bond acceptors (Lipinski definition) is 7. The zero-order chi connectivity index (χ0) is 22.7. The molecule has 1 aromatic carbocycles. The molecule has 3 heterocycles. The van der Waals surface area contributed by atoms with Crippen molar-refractivity contribution in [2.24, 2.45) is 5.10 Å². The number of benzene rings is 1. The van der Waals surface area contributed by atoms with Crippen molar-refractivity contribution in [2.75, 3.05) is 25.9 Å². The van der Waals surface area contributed by atoms with Crippen LogP contribution in [-0.2, 0) is 22.7 Å². The van der Waals surface area contributed by atoms with Crippen LogP contribution in [-0.4, -0.2) is 68.5 Å². The number of carbonyl (C=O) groups excluding carboxylic acids is 2. The van der Waals surface area contributed by atoms with Gasteiger partial charge in [-0.2, -0.15) is 5.10 Å². The number of hydrazone groups is 1. The van der Waals surface area contributed by atoms with E-state index in [-0.39, 0.29) is 36.6 Å². The van der Waals surface area contributed by atoms with E-state index in [2.05, 4.69) is 20.0 Å². The Morgan fingerprint density at radius 2 is 2.03 bits per heavy atom. The number of nitrogen functional groups attached to an aromatic ring is 1. The predicted octanol–water partition coefficient (Wildman–Crippen LogP) is 1.41. The summed E-state index contributed by atoms with van der Waals surface area (Å²) in [5.41, 5.74) is 6.87. The number of amides is 2. The molecular formula is C22H26FN7O2. The highest BCUT2D eigenvalue weighted by Crippen LogP contribution is 2.20. The predicted molar refractivity (Wildman–Crippen MR) is 117 cm³/mol. The Kier molecular flexibility index (Phi) is 6.40. The highest BCUT2D eigenvalue weighted by atomic mass is 19.1. The maximum atomic E-state index is 13.1. The van der Waals surface area contributed by atoms with Crippen LogP contribution in [0.25, 0.3) is 0 Å². The fourth-order valence-electron chi connectivity index (χ4n) is 3.95. The zero-order valence-electron chi connectivity index (χ0n) is 17.9. The fraction of sp³-hybridized carbons (Fsp3) is 0.409. The number of halogens is 1. The summed E-state index contributed by atoms with van der Waals surface area (Å²) in [6, 6.07) is 7.72. The minimum atomic E-state index is -0.339.